The number of hydrogen-bond donors (Lipinski definition) is 0. The Morgan fingerprint density at radius 1 is 1.04 bits per heavy atom. The molecule has 27 heavy (non-hydrogen) atoms. The van der Waals surface area contributed by atoms with E-state index in [2.05, 4.69) is 20.9 Å². The molecule has 0 N–H and O–H groups in total. The highest BCUT2D eigenvalue weighted by Crippen LogP contribution is 2.30. The molecule has 1 aromatic heterocycles. The highest BCUT2D eigenvalue weighted by molar-refractivity contribution is 9.10. The Bertz CT molecular complexity index is 955. The van der Waals surface area contributed by atoms with Crippen LogP contribution >= 0.6 is 15.9 Å². The lowest BCUT2D eigenvalue weighted by Crippen LogP contribution is -2.09. The van der Waals surface area contributed by atoms with Crippen molar-refractivity contribution in [2.45, 2.75) is 6.92 Å². The highest BCUT2D eigenvalue weighted by atomic mass is 79.9. The second-order valence-electron chi connectivity index (χ2n) is 5.63. The van der Waals surface area contributed by atoms with Gasteiger partial charge in [-0.1, -0.05) is 40.2 Å². The summed E-state index contributed by atoms with van der Waals surface area (Å²) in [7, 11) is 0. The van der Waals surface area contributed by atoms with Crippen molar-refractivity contribution in [1.82, 2.24) is 4.98 Å². The van der Waals surface area contributed by atoms with Gasteiger partial charge in [0.1, 0.15) is 0 Å². The van der Waals surface area contributed by atoms with E-state index >= 15 is 0 Å². The van der Waals surface area contributed by atoms with E-state index in [1.807, 2.05) is 55.5 Å². The van der Waals surface area contributed by atoms with Crippen LogP contribution in [0.2, 0.25) is 0 Å². The van der Waals surface area contributed by atoms with Crippen LogP contribution in [0.3, 0.4) is 0 Å². The summed E-state index contributed by atoms with van der Waals surface area (Å²) < 4.78 is 12.0. The van der Waals surface area contributed by atoms with E-state index in [4.69, 9.17) is 9.47 Å². The lowest BCUT2D eigenvalue weighted by molar-refractivity contribution is 0.0728. The molecule has 0 radical (unpaired) electrons. The molecule has 0 saturated carbocycles. The molecular formula is C22H18BrNO3. The van der Waals surface area contributed by atoms with Gasteiger partial charge in [0, 0.05) is 10.7 Å². The van der Waals surface area contributed by atoms with Crippen molar-refractivity contribution < 1.29 is 14.3 Å². The summed E-state index contributed by atoms with van der Waals surface area (Å²) in [6.07, 6.45) is 5.60. The molecule has 4 nitrogen and oxygen atoms in total. The van der Waals surface area contributed by atoms with Crippen LogP contribution in [-0.4, -0.2) is 17.6 Å². The van der Waals surface area contributed by atoms with Gasteiger partial charge in [-0.05, 0) is 61.0 Å². The number of benzene rings is 2. The average Bonchev–Trinajstić information content (AvgIpc) is 2.69. The Kier molecular flexibility index (Phi) is 6.39. The van der Waals surface area contributed by atoms with Gasteiger partial charge in [-0.25, -0.2) is 4.79 Å². The normalized spacial score (nSPS) is 10.7. The Balaban J connectivity index is 1.81. The lowest BCUT2D eigenvalue weighted by Gasteiger charge is -2.11. The van der Waals surface area contributed by atoms with E-state index in [0.717, 1.165) is 15.7 Å². The first-order valence-electron chi connectivity index (χ1n) is 8.49. The third-order valence-electron chi connectivity index (χ3n) is 3.66. The number of aromatic nitrogens is 1. The third kappa shape index (κ3) is 5.28. The molecule has 0 aliphatic rings. The number of pyridine rings is 1. The molecule has 1 heterocycles. The molecule has 0 spiro atoms. The fraction of sp³-hybridized carbons (Fsp3) is 0.0909. The standard InChI is InChI=1S/C22H18BrNO3/c1-2-26-21-14-16(9-11-19-8-3-4-13-24-19)10-12-20(21)27-22(25)17-6-5-7-18(23)15-17/h3-15H,2H2,1H3/b11-9+. The van der Waals surface area contributed by atoms with Crippen LogP contribution in [0.4, 0.5) is 0 Å². The van der Waals surface area contributed by atoms with Gasteiger partial charge in [-0.2, -0.15) is 0 Å². The summed E-state index contributed by atoms with van der Waals surface area (Å²) in [4.78, 5) is 16.7. The Morgan fingerprint density at radius 2 is 1.93 bits per heavy atom. The number of rotatable bonds is 6. The number of hydrogen-bond acceptors (Lipinski definition) is 4. The molecule has 0 saturated heterocycles. The zero-order valence-electron chi connectivity index (χ0n) is 14.8. The number of ether oxygens (including phenoxy) is 2. The van der Waals surface area contributed by atoms with E-state index in [-0.39, 0.29) is 0 Å². The number of carbonyl (C=O) groups is 1. The predicted molar refractivity (Wildman–Crippen MR) is 110 cm³/mol. The molecule has 2 aromatic carbocycles. The van der Waals surface area contributed by atoms with Crippen molar-refractivity contribution in [1.29, 1.82) is 0 Å². The fourth-order valence-electron chi connectivity index (χ4n) is 2.41. The minimum Gasteiger partial charge on any atom is -0.490 e. The van der Waals surface area contributed by atoms with Crippen molar-refractivity contribution in [3.8, 4) is 11.5 Å². The van der Waals surface area contributed by atoms with Crippen LogP contribution < -0.4 is 9.47 Å². The van der Waals surface area contributed by atoms with Crippen molar-refractivity contribution >= 4 is 34.1 Å². The first-order chi connectivity index (χ1) is 13.2. The van der Waals surface area contributed by atoms with Crippen LogP contribution in [0.5, 0.6) is 11.5 Å². The molecule has 3 rings (SSSR count). The molecule has 0 fully saturated rings. The molecule has 0 aliphatic heterocycles. The maximum absolute atomic E-state index is 12.4. The summed E-state index contributed by atoms with van der Waals surface area (Å²) in [6.45, 7) is 2.35. The molecule has 136 valence electrons. The van der Waals surface area contributed by atoms with Gasteiger partial charge >= 0.3 is 5.97 Å². The van der Waals surface area contributed by atoms with Gasteiger partial charge < -0.3 is 9.47 Å². The molecule has 0 amide bonds. The molecule has 0 unspecified atom stereocenters. The van der Waals surface area contributed by atoms with Gasteiger partial charge in [0.15, 0.2) is 11.5 Å². The zero-order valence-corrected chi connectivity index (χ0v) is 16.3. The lowest BCUT2D eigenvalue weighted by atomic mass is 10.1. The molecule has 0 aliphatic carbocycles. The Labute approximate surface area is 166 Å². The third-order valence-corrected chi connectivity index (χ3v) is 4.16. The first kappa shape index (κ1) is 18.9. The summed E-state index contributed by atoms with van der Waals surface area (Å²) in [5.74, 6) is 0.467. The zero-order chi connectivity index (χ0) is 19.1. The van der Waals surface area contributed by atoms with Crippen LogP contribution in [0.1, 0.15) is 28.5 Å². The van der Waals surface area contributed by atoms with Crippen LogP contribution in [0, 0.1) is 0 Å². The SMILES string of the molecule is CCOc1cc(/C=C/c2ccccn2)ccc1OC(=O)c1cccc(Br)c1. The second kappa shape index (κ2) is 9.14. The maximum Gasteiger partial charge on any atom is 0.343 e. The number of carbonyl (C=O) groups excluding carboxylic acids is 1. The molecule has 5 heteroatoms. The largest absolute Gasteiger partial charge is 0.490 e. The monoisotopic (exact) mass is 423 g/mol. The maximum atomic E-state index is 12.4. The number of halogens is 1. The van der Waals surface area contributed by atoms with E-state index in [9.17, 15) is 4.79 Å². The topological polar surface area (TPSA) is 48.4 Å². The molecule has 0 bridgehead atoms. The first-order valence-corrected chi connectivity index (χ1v) is 9.28. The number of esters is 1. The Morgan fingerprint density at radius 3 is 2.67 bits per heavy atom. The minimum atomic E-state index is -0.436. The van der Waals surface area contributed by atoms with Gasteiger partial charge in [0.25, 0.3) is 0 Å². The smallest absolute Gasteiger partial charge is 0.343 e. The summed E-state index contributed by atoms with van der Waals surface area (Å²) in [5, 5.41) is 0. The minimum absolute atomic E-state index is 0.386. The average molecular weight is 424 g/mol. The highest BCUT2D eigenvalue weighted by Gasteiger charge is 2.13. The number of nitrogens with zero attached hydrogens (tertiary/aromatic N) is 1. The fourth-order valence-corrected chi connectivity index (χ4v) is 2.81. The van der Waals surface area contributed by atoms with E-state index in [1.54, 1.807) is 30.5 Å². The van der Waals surface area contributed by atoms with E-state index < -0.39 is 5.97 Å². The van der Waals surface area contributed by atoms with Gasteiger partial charge in [0.2, 0.25) is 0 Å². The summed E-state index contributed by atoms with van der Waals surface area (Å²) in [6, 6.07) is 18.2. The summed E-state index contributed by atoms with van der Waals surface area (Å²) >= 11 is 3.36. The van der Waals surface area contributed by atoms with Crippen LogP contribution in [-0.2, 0) is 0 Å². The quantitative estimate of drug-likeness (QED) is 0.380. The molecule has 0 atom stereocenters. The van der Waals surface area contributed by atoms with Crippen LogP contribution in [0.25, 0.3) is 12.2 Å². The Hall–Kier alpha value is -2.92. The van der Waals surface area contributed by atoms with Crippen molar-refractivity contribution in [3.05, 3.63) is 88.2 Å². The molecule has 3 aromatic rings. The van der Waals surface area contributed by atoms with Gasteiger partial charge in [-0.3, -0.25) is 4.98 Å². The van der Waals surface area contributed by atoms with E-state index in [0.29, 0.717) is 23.7 Å². The molecular weight excluding hydrogens is 406 g/mol. The van der Waals surface area contributed by atoms with Gasteiger partial charge in [0.05, 0.1) is 17.9 Å². The van der Waals surface area contributed by atoms with Gasteiger partial charge in [-0.15, -0.1) is 0 Å². The van der Waals surface area contributed by atoms with Crippen molar-refractivity contribution in [3.63, 3.8) is 0 Å². The van der Waals surface area contributed by atoms with Crippen molar-refractivity contribution in [2.75, 3.05) is 6.61 Å². The van der Waals surface area contributed by atoms with Crippen LogP contribution in [0.15, 0.2) is 71.3 Å². The second-order valence-corrected chi connectivity index (χ2v) is 6.54. The predicted octanol–water partition coefficient (Wildman–Crippen LogP) is 5.63. The van der Waals surface area contributed by atoms with E-state index in [1.165, 1.54) is 0 Å². The van der Waals surface area contributed by atoms with Crippen molar-refractivity contribution in [2.24, 2.45) is 0 Å². The summed E-state index contributed by atoms with van der Waals surface area (Å²) in [5.41, 5.74) is 2.25.